The van der Waals surface area contributed by atoms with Crippen LogP contribution in [0.15, 0.2) is 18.2 Å². The second-order valence-electron chi connectivity index (χ2n) is 4.19. The first-order chi connectivity index (χ1) is 8.74. The molecule has 8 heteroatoms. The van der Waals surface area contributed by atoms with Gasteiger partial charge in [-0.2, -0.15) is 0 Å². The maximum absolute atomic E-state index is 11.6. The highest BCUT2D eigenvalue weighted by molar-refractivity contribution is 7.89. The average Bonchev–Trinajstić information content (AvgIpc) is 2.30. The lowest BCUT2D eigenvalue weighted by atomic mass is 10.1. The molecule has 0 radical (unpaired) electrons. The van der Waals surface area contributed by atoms with E-state index in [0.717, 1.165) is 4.31 Å². The summed E-state index contributed by atoms with van der Waals surface area (Å²) in [5.41, 5.74) is 12.1. The number of carbonyl (C=O) groups is 1. The number of sulfonamides is 1. The van der Waals surface area contributed by atoms with Crippen LogP contribution in [0.3, 0.4) is 0 Å². The predicted molar refractivity (Wildman–Crippen MR) is 75.3 cm³/mol. The number of primary amides is 1. The number of nitrogens with one attached hydrogen (secondary N) is 1. The second kappa shape index (κ2) is 5.89. The van der Waals surface area contributed by atoms with Crippen LogP contribution in [0.5, 0.6) is 0 Å². The fourth-order valence-corrected chi connectivity index (χ4v) is 2.09. The molecular weight excluding hydrogens is 268 g/mol. The normalized spacial score (nSPS) is 11.5. The van der Waals surface area contributed by atoms with Crippen molar-refractivity contribution in [1.82, 2.24) is 4.31 Å². The average molecular weight is 286 g/mol. The Labute approximate surface area is 112 Å². The molecule has 0 unspecified atom stereocenters. The van der Waals surface area contributed by atoms with Gasteiger partial charge in [-0.25, -0.2) is 12.7 Å². The molecule has 5 N–H and O–H groups in total. The van der Waals surface area contributed by atoms with Crippen LogP contribution in [0, 0.1) is 0 Å². The van der Waals surface area contributed by atoms with Gasteiger partial charge >= 0.3 is 0 Å². The molecule has 0 fully saturated rings. The van der Waals surface area contributed by atoms with Crippen molar-refractivity contribution in [2.75, 3.05) is 37.4 Å². The summed E-state index contributed by atoms with van der Waals surface area (Å²) in [7, 11) is -0.330. The van der Waals surface area contributed by atoms with Crippen molar-refractivity contribution in [3.63, 3.8) is 0 Å². The Morgan fingerprint density at radius 1 is 1.37 bits per heavy atom. The number of hydrogen-bond acceptors (Lipinski definition) is 5. The van der Waals surface area contributed by atoms with Gasteiger partial charge in [-0.3, -0.25) is 4.79 Å². The highest BCUT2D eigenvalue weighted by atomic mass is 32.2. The van der Waals surface area contributed by atoms with Crippen LogP contribution in [0.25, 0.3) is 0 Å². The molecule has 0 aromatic heterocycles. The SMILES string of the molecule is CN(C)S(=O)(=O)CCNc1cc(C(N)=O)ccc1N. The molecule has 0 atom stereocenters. The van der Waals surface area contributed by atoms with Crippen LogP contribution < -0.4 is 16.8 Å². The van der Waals surface area contributed by atoms with Crippen LogP contribution in [-0.2, 0) is 10.0 Å². The molecule has 19 heavy (non-hydrogen) atoms. The zero-order valence-corrected chi connectivity index (χ0v) is 11.7. The van der Waals surface area contributed by atoms with Gasteiger partial charge in [0.2, 0.25) is 15.9 Å². The van der Waals surface area contributed by atoms with E-state index in [-0.39, 0.29) is 12.3 Å². The molecule has 0 saturated carbocycles. The first-order valence-electron chi connectivity index (χ1n) is 5.57. The standard InChI is InChI=1S/C11H18N4O3S/c1-15(2)19(17,18)6-5-14-10-7-8(11(13)16)3-4-9(10)12/h3-4,7,14H,5-6,12H2,1-2H3,(H2,13,16). The van der Waals surface area contributed by atoms with Crippen molar-refractivity contribution < 1.29 is 13.2 Å². The molecule has 1 rings (SSSR count). The monoisotopic (exact) mass is 286 g/mol. The van der Waals surface area contributed by atoms with E-state index in [0.29, 0.717) is 16.9 Å². The van der Waals surface area contributed by atoms with Crippen LogP contribution in [0.2, 0.25) is 0 Å². The molecule has 0 aliphatic heterocycles. The highest BCUT2D eigenvalue weighted by Crippen LogP contribution is 2.19. The molecule has 106 valence electrons. The van der Waals surface area contributed by atoms with Crippen molar-refractivity contribution in [3.8, 4) is 0 Å². The van der Waals surface area contributed by atoms with Gasteiger partial charge in [-0.15, -0.1) is 0 Å². The molecule has 1 amide bonds. The first kappa shape index (κ1) is 15.3. The van der Waals surface area contributed by atoms with Crippen molar-refractivity contribution in [2.45, 2.75) is 0 Å². The van der Waals surface area contributed by atoms with Gasteiger partial charge in [0.15, 0.2) is 0 Å². The third kappa shape index (κ3) is 4.11. The number of anilines is 2. The van der Waals surface area contributed by atoms with Gasteiger partial charge in [0, 0.05) is 26.2 Å². The molecule has 7 nitrogen and oxygen atoms in total. The predicted octanol–water partition coefficient (Wildman–Crippen LogP) is -0.329. The molecule has 0 bridgehead atoms. The Balaban J connectivity index is 2.73. The number of rotatable bonds is 6. The summed E-state index contributed by atoms with van der Waals surface area (Å²) in [6, 6.07) is 4.56. The van der Waals surface area contributed by atoms with E-state index in [4.69, 9.17) is 11.5 Å². The molecule has 0 aliphatic rings. The van der Waals surface area contributed by atoms with Gasteiger partial charge in [0.05, 0.1) is 17.1 Å². The summed E-state index contributed by atoms with van der Waals surface area (Å²) in [5.74, 6) is -0.635. The number of hydrogen-bond donors (Lipinski definition) is 3. The Kier molecular flexibility index (Phi) is 4.73. The third-order valence-electron chi connectivity index (χ3n) is 2.57. The summed E-state index contributed by atoms with van der Waals surface area (Å²) >= 11 is 0. The number of carbonyl (C=O) groups excluding carboxylic acids is 1. The Bertz CT molecular complexity index is 569. The van der Waals surface area contributed by atoms with Crippen LogP contribution >= 0.6 is 0 Å². The van der Waals surface area contributed by atoms with E-state index in [2.05, 4.69) is 5.32 Å². The number of benzene rings is 1. The summed E-state index contributed by atoms with van der Waals surface area (Å²) in [4.78, 5) is 11.0. The lowest BCUT2D eigenvalue weighted by molar-refractivity contribution is 0.100. The zero-order valence-electron chi connectivity index (χ0n) is 10.9. The van der Waals surface area contributed by atoms with Gasteiger partial charge in [0.25, 0.3) is 0 Å². The summed E-state index contributed by atoms with van der Waals surface area (Å²) in [6.07, 6.45) is 0. The van der Waals surface area contributed by atoms with E-state index in [1.807, 2.05) is 0 Å². The number of nitrogens with two attached hydrogens (primary N) is 2. The number of nitrogen functional groups attached to an aromatic ring is 1. The molecule has 0 aliphatic carbocycles. The van der Waals surface area contributed by atoms with Crippen molar-refractivity contribution in [3.05, 3.63) is 23.8 Å². The van der Waals surface area contributed by atoms with Crippen LogP contribution in [-0.4, -0.2) is 45.0 Å². The summed E-state index contributed by atoms with van der Waals surface area (Å²) in [6.45, 7) is 0.187. The fraction of sp³-hybridized carbons (Fsp3) is 0.364. The first-order valence-corrected chi connectivity index (χ1v) is 7.18. The van der Waals surface area contributed by atoms with E-state index in [9.17, 15) is 13.2 Å². The molecule has 0 saturated heterocycles. The summed E-state index contributed by atoms with van der Waals surface area (Å²) in [5, 5.41) is 2.88. The van der Waals surface area contributed by atoms with E-state index in [1.54, 1.807) is 6.07 Å². The van der Waals surface area contributed by atoms with E-state index >= 15 is 0 Å². The lowest BCUT2D eigenvalue weighted by Crippen LogP contribution is -2.28. The van der Waals surface area contributed by atoms with Crippen molar-refractivity contribution in [2.24, 2.45) is 5.73 Å². The Hall–Kier alpha value is -1.80. The highest BCUT2D eigenvalue weighted by Gasteiger charge is 2.13. The molecular formula is C11H18N4O3S. The van der Waals surface area contributed by atoms with Gasteiger partial charge in [-0.1, -0.05) is 0 Å². The van der Waals surface area contributed by atoms with Gasteiger partial charge < -0.3 is 16.8 Å². The second-order valence-corrected chi connectivity index (χ2v) is 6.49. The van der Waals surface area contributed by atoms with Gasteiger partial charge in [0.1, 0.15) is 0 Å². The maximum atomic E-state index is 11.6. The van der Waals surface area contributed by atoms with Crippen molar-refractivity contribution >= 4 is 27.3 Å². The lowest BCUT2D eigenvalue weighted by Gasteiger charge is -2.13. The quantitative estimate of drug-likeness (QED) is 0.619. The largest absolute Gasteiger partial charge is 0.397 e. The smallest absolute Gasteiger partial charge is 0.248 e. The topological polar surface area (TPSA) is 119 Å². The van der Waals surface area contributed by atoms with Gasteiger partial charge in [-0.05, 0) is 18.2 Å². The molecule has 0 heterocycles. The minimum atomic E-state index is -3.27. The van der Waals surface area contributed by atoms with E-state index < -0.39 is 15.9 Å². The van der Waals surface area contributed by atoms with Crippen molar-refractivity contribution in [1.29, 1.82) is 0 Å². The minimum Gasteiger partial charge on any atom is -0.397 e. The Morgan fingerprint density at radius 3 is 2.53 bits per heavy atom. The van der Waals surface area contributed by atoms with Crippen LogP contribution in [0.1, 0.15) is 10.4 Å². The molecule has 0 spiro atoms. The maximum Gasteiger partial charge on any atom is 0.248 e. The Morgan fingerprint density at radius 2 is 2.00 bits per heavy atom. The van der Waals surface area contributed by atoms with Crippen LogP contribution in [0.4, 0.5) is 11.4 Å². The summed E-state index contributed by atoms with van der Waals surface area (Å²) < 4.78 is 24.3. The number of amides is 1. The minimum absolute atomic E-state index is 0.0692. The fourth-order valence-electron chi connectivity index (χ4n) is 1.36. The number of nitrogens with zero attached hydrogens (tertiary/aromatic N) is 1. The third-order valence-corrected chi connectivity index (χ3v) is 4.40. The van der Waals surface area contributed by atoms with E-state index in [1.165, 1.54) is 26.2 Å². The zero-order chi connectivity index (χ0) is 14.6. The molecule has 1 aromatic carbocycles. The molecule has 1 aromatic rings.